The van der Waals surface area contributed by atoms with Gasteiger partial charge in [0.05, 0.1) is 18.0 Å². The fourth-order valence-corrected chi connectivity index (χ4v) is 2.52. The summed E-state index contributed by atoms with van der Waals surface area (Å²) >= 11 is 0. The second-order valence-electron chi connectivity index (χ2n) is 5.69. The average Bonchev–Trinajstić information content (AvgIpc) is 2.29. The molecule has 1 aliphatic rings. The molecule has 1 aliphatic carbocycles. The van der Waals surface area contributed by atoms with Crippen molar-refractivity contribution in [3.05, 3.63) is 24.0 Å². The molecular weight excluding hydrogens is 212 g/mol. The van der Waals surface area contributed by atoms with Crippen LogP contribution in [0.15, 0.2) is 18.3 Å². The molecule has 0 unspecified atom stereocenters. The topological polar surface area (TPSA) is 48.1 Å². The van der Waals surface area contributed by atoms with E-state index < -0.39 is 0 Å². The quantitative estimate of drug-likeness (QED) is 0.874. The van der Waals surface area contributed by atoms with Crippen molar-refractivity contribution in [3.63, 3.8) is 0 Å². The van der Waals surface area contributed by atoms with Crippen LogP contribution in [-0.2, 0) is 6.54 Å². The molecule has 1 heterocycles. The van der Waals surface area contributed by atoms with Gasteiger partial charge < -0.3 is 10.5 Å². The molecule has 3 heteroatoms. The number of nitrogens with zero attached hydrogens (tertiary/aromatic N) is 1. The van der Waals surface area contributed by atoms with E-state index >= 15 is 0 Å². The molecule has 0 aliphatic heterocycles. The number of hydrogen-bond acceptors (Lipinski definition) is 3. The molecule has 0 radical (unpaired) electrons. The van der Waals surface area contributed by atoms with Gasteiger partial charge in [-0.15, -0.1) is 0 Å². The van der Waals surface area contributed by atoms with E-state index in [2.05, 4.69) is 18.8 Å². The molecule has 1 atom stereocenters. The van der Waals surface area contributed by atoms with Crippen LogP contribution in [0.4, 0.5) is 0 Å². The molecule has 1 fully saturated rings. The number of rotatable bonds is 3. The van der Waals surface area contributed by atoms with Crippen molar-refractivity contribution in [1.29, 1.82) is 0 Å². The monoisotopic (exact) mass is 234 g/mol. The molecule has 0 aromatic carbocycles. The molecule has 0 saturated heterocycles. The number of ether oxygens (including phenoxy) is 1. The highest BCUT2D eigenvalue weighted by Crippen LogP contribution is 2.36. The van der Waals surface area contributed by atoms with E-state index in [0.29, 0.717) is 18.1 Å². The molecule has 1 aromatic heterocycles. The van der Waals surface area contributed by atoms with Gasteiger partial charge in [0, 0.05) is 6.54 Å². The van der Waals surface area contributed by atoms with Crippen LogP contribution in [0, 0.1) is 5.41 Å². The summed E-state index contributed by atoms with van der Waals surface area (Å²) < 4.78 is 5.99. The summed E-state index contributed by atoms with van der Waals surface area (Å²) in [7, 11) is 0. The van der Waals surface area contributed by atoms with Crippen LogP contribution in [0.1, 0.15) is 45.2 Å². The molecule has 0 spiro atoms. The van der Waals surface area contributed by atoms with E-state index in [4.69, 9.17) is 10.5 Å². The van der Waals surface area contributed by atoms with Crippen molar-refractivity contribution < 1.29 is 4.74 Å². The molecule has 2 N–H and O–H groups in total. The number of hydrogen-bond donors (Lipinski definition) is 1. The van der Waals surface area contributed by atoms with Gasteiger partial charge in [-0.05, 0) is 43.2 Å². The van der Waals surface area contributed by atoms with Crippen molar-refractivity contribution in [2.75, 3.05) is 0 Å². The summed E-state index contributed by atoms with van der Waals surface area (Å²) in [4.78, 5) is 4.25. The fraction of sp³-hybridized carbons (Fsp3) is 0.643. The molecular formula is C14H22N2O. The minimum absolute atomic E-state index is 0.337. The van der Waals surface area contributed by atoms with Crippen LogP contribution >= 0.6 is 0 Å². The van der Waals surface area contributed by atoms with Crippen LogP contribution in [0.25, 0.3) is 0 Å². The molecule has 17 heavy (non-hydrogen) atoms. The number of nitrogens with two attached hydrogens (primary N) is 1. The first-order chi connectivity index (χ1) is 8.09. The van der Waals surface area contributed by atoms with Crippen molar-refractivity contribution in [3.8, 4) is 5.75 Å². The Hall–Kier alpha value is -1.09. The standard InChI is InChI=1S/C14H22N2O/c1-14(2)7-3-4-12(8-14)17-13-6-5-11(9-15)16-10-13/h5-6,10,12H,3-4,7-9,15H2,1-2H3/t12-/m1/s1. The Bertz CT molecular complexity index is 359. The zero-order valence-electron chi connectivity index (χ0n) is 10.8. The summed E-state index contributed by atoms with van der Waals surface area (Å²) in [5.41, 5.74) is 6.83. The van der Waals surface area contributed by atoms with Gasteiger partial charge in [0.15, 0.2) is 0 Å². The third kappa shape index (κ3) is 3.43. The average molecular weight is 234 g/mol. The van der Waals surface area contributed by atoms with Gasteiger partial charge in [0.25, 0.3) is 0 Å². The Kier molecular flexibility index (Phi) is 3.67. The summed E-state index contributed by atoms with van der Waals surface area (Å²) in [5, 5.41) is 0. The first kappa shape index (κ1) is 12.4. The largest absolute Gasteiger partial charge is 0.489 e. The van der Waals surface area contributed by atoms with Gasteiger partial charge in [-0.3, -0.25) is 4.98 Å². The highest BCUT2D eigenvalue weighted by Gasteiger charge is 2.29. The fourth-order valence-electron chi connectivity index (χ4n) is 2.52. The van der Waals surface area contributed by atoms with E-state index in [-0.39, 0.29) is 0 Å². The van der Waals surface area contributed by atoms with Crippen molar-refractivity contribution in [1.82, 2.24) is 4.98 Å². The highest BCUT2D eigenvalue weighted by molar-refractivity contribution is 5.20. The van der Waals surface area contributed by atoms with Crippen LogP contribution < -0.4 is 10.5 Å². The second-order valence-corrected chi connectivity index (χ2v) is 5.69. The maximum Gasteiger partial charge on any atom is 0.138 e. The molecule has 2 rings (SSSR count). The van der Waals surface area contributed by atoms with Crippen LogP contribution in [0.2, 0.25) is 0 Å². The third-order valence-corrected chi connectivity index (χ3v) is 3.47. The smallest absolute Gasteiger partial charge is 0.138 e. The molecule has 3 nitrogen and oxygen atoms in total. The van der Waals surface area contributed by atoms with Crippen LogP contribution in [-0.4, -0.2) is 11.1 Å². The third-order valence-electron chi connectivity index (χ3n) is 3.47. The predicted molar refractivity (Wildman–Crippen MR) is 68.8 cm³/mol. The van der Waals surface area contributed by atoms with Gasteiger partial charge in [0.2, 0.25) is 0 Å². The lowest BCUT2D eigenvalue weighted by Gasteiger charge is -2.35. The zero-order valence-corrected chi connectivity index (χ0v) is 10.8. The van der Waals surface area contributed by atoms with Crippen molar-refractivity contribution >= 4 is 0 Å². The lowest BCUT2D eigenvalue weighted by Crippen LogP contribution is -2.30. The van der Waals surface area contributed by atoms with E-state index in [1.807, 2.05) is 12.1 Å². The SMILES string of the molecule is CC1(C)CCC[C@@H](Oc2ccc(CN)nc2)C1. The van der Waals surface area contributed by atoms with Gasteiger partial charge in [-0.1, -0.05) is 13.8 Å². The van der Waals surface area contributed by atoms with Crippen molar-refractivity contribution in [2.24, 2.45) is 11.1 Å². The summed E-state index contributed by atoms with van der Waals surface area (Å²) in [6.45, 7) is 5.12. The minimum atomic E-state index is 0.337. The van der Waals surface area contributed by atoms with Crippen LogP contribution in [0.5, 0.6) is 5.75 Å². The first-order valence-electron chi connectivity index (χ1n) is 6.41. The molecule has 1 aromatic rings. The van der Waals surface area contributed by atoms with Gasteiger partial charge in [-0.2, -0.15) is 0 Å². The normalized spacial score (nSPS) is 23.4. The van der Waals surface area contributed by atoms with Crippen molar-refractivity contribution in [2.45, 2.75) is 52.2 Å². The Morgan fingerprint density at radius 2 is 2.29 bits per heavy atom. The minimum Gasteiger partial charge on any atom is -0.489 e. The van der Waals surface area contributed by atoms with E-state index in [1.165, 1.54) is 12.8 Å². The lowest BCUT2D eigenvalue weighted by molar-refractivity contribution is 0.0848. The predicted octanol–water partition coefficient (Wildman–Crippen LogP) is 2.89. The number of aromatic nitrogens is 1. The Morgan fingerprint density at radius 1 is 1.47 bits per heavy atom. The molecule has 1 saturated carbocycles. The highest BCUT2D eigenvalue weighted by atomic mass is 16.5. The van der Waals surface area contributed by atoms with Gasteiger partial charge in [0.1, 0.15) is 5.75 Å². The molecule has 94 valence electrons. The maximum absolute atomic E-state index is 5.99. The van der Waals surface area contributed by atoms with E-state index in [9.17, 15) is 0 Å². The van der Waals surface area contributed by atoms with E-state index in [0.717, 1.165) is 24.3 Å². The Balaban J connectivity index is 1.95. The lowest BCUT2D eigenvalue weighted by atomic mass is 9.76. The van der Waals surface area contributed by atoms with Gasteiger partial charge in [-0.25, -0.2) is 0 Å². The van der Waals surface area contributed by atoms with Gasteiger partial charge >= 0.3 is 0 Å². The summed E-state index contributed by atoms with van der Waals surface area (Å²) in [6.07, 6.45) is 6.96. The Morgan fingerprint density at radius 3 is 2.88 bits per heavy atom. The van der Waals surface area contributed by atoms with Crippen LogP contribution in [0.3, 0.4) is 0 Å². The van der Waals surface area contributed by atoms with E-state index in [1.54, 1.807) is 6.20 Å². The Labute approximate surface area is 103 Å². The molecule has 0 bridgehead atoms. The first-order valence-corrected chi connectivity index (χ1v) is 6.41. The summed E-state index contributed by atoms with van der Waals surface area (Å²) in [5.74, 6) is 0.866. The molecule has 0 amide bonds. The summed E-state index contributed by atoms with van der Waals surface area (Å²) in [6, 6.07) is 3.90. The number of pyridine rings is 1. The zero-order chi connectivity index (χ0) is 12.3. The second kappa shape index (κ2) is 5.05. The maximum atomic E-state index is 5.99.